The fraction of sp³-hybridized carbons (Fsp3) is 0.0952. The molecule has 4 rings (SSSR count). The van der Waals surface area contributed by atoms with Crippen LogP contribution in [0, 0.1) is 0 Å². The molecular weight excluding hydrogens is 342 g/mol. The number of aromatic nitrogens is 2. The molecule has 0 radical (unpaired) electrons. The van der Waals surface area contributed by atoms with Gasteiger partial charge in [0, 0.05) is 12.0 Å². The summed E-state index contributed by atoms with van der Waals surface area (Å²) in [5.74, 6) is -1.02. The van der Waals surface area contributed by atoms with Crippen LogP contribution in [0.15, 0.2) is 66.7 Å². The number of carbonyl (C=O) groups excluding carboxylic acids is 1. The summed E-state index contributed by atoms with van der Waals surface area (Å²) in [5, 5.41) is 14.1. The molecule has 3 aromatic carbocycles. The van der Waals surface area contributed by atoms with Crippen LogP contribution in [-0.2, 0) is 11.2 Å². The summed E-state index contributed by atoms with van der Waals surface area (Å²) in [6.45, 7) is 0. The lowest BCUT2D eigenvalue weighted by Crippen LogP contribution is -2.42. The number of H-pyrrole nitrogens is 1. The van der Waals surface area contributed by atoms with Gasteiger partial charge in [0.2, 0.25) is 0 Å². The fourth-order valence-corrected chi connectivity index (χ4v) is 3.07. The van der Waals surface area contributed by atoms with E-state index in [4.69, 9.17) is 0 Å². The molecule has 1 heterocycles. The highest BCUT2D eigenvalue weighted by molar-refractivity contribution is 6.00. The predicted octanol–water partition coefficient (Wildman–Crippen LogP) is 3.14. The van der Waals surface area contributed by atoms with Gasteiger partial charge in [0.15, 0.2) is 0 Å². The maximum Gasteiger partial charge on any atom is 0.326 e. The summed E-state index contributed by atoms with van der Waals surface area (Å²) in [7, 11) is 0. The van der Waals surface area contributed by atoms with Crippen LogP contribution in [-0.4, -0.2) is 33.0 Å². The average Bonchev–Trinajstić information content (AvgIpc) is 3.09. The van der Waals surface area contributed by atoms with Crippen molar-refractivity contribution in [3.05, 3.63) is 78.1 Å². The maximum absolute atomic E-state index is 12.6. The number of imidazole rings is 1. The van der Waals surface area contributed by atoms with Crippen molar-refractivity contribution in [2.24, 2.45) is 0 Å². The van der Waals surface area contributed by atoms with Crippen molar-refractivity contribution in [1.82, 2.24) is 15.3 Å². The summed E-state index contributed by atoms with van der Waals surface area (Å²) in [6, 6.07) is 19.4. The zero-order chi connectivity index (χ0) is 18.8. The highest BCUT2D eigenvalue weighted by Crippen LogP contribution is 2.16. The first-order chi connectivity index (χ1) is 13.1. The number of para-hydroxylation sites is 2. The number of benzene rings is 3. The summed E-state index contributed by atoms with van der Waals surface area (Å²) >= 11 is 0. The Morgan fingerprint density at radius 2 is 1.74 bits per heavy atom. The number of hydrogen-bond donors (Lipinski definition) is 3. The summed E-state index contributed by atoms with van der Waals surface area (Å²) < 4.78 is 0. The Labute approximate surface area is 154 Å². The Balaban J connectivity index is 1.54. The lowest BCUT2D eigenvalue weighted by atomic mass is 10.1. The van der Waals surface area contributed by atoms with Crippen molar-refractivity contribution in [2.75, 3.05) is 0 Å². The van der Waals surface area contributed by atoms with Crippen LogP contribution < -0.4 is 5.32 Å². The quantitative estimate of drug-likeness (QED) is 0.510. The van der Waals surface area contributed by atoms with Crippen molar-refractivity contribution in [2.45, 2.75) is 12.5 Å². The largest absolute Gasteiger partial charge is 0.480 e. The van der Waals surface area contributed by atoms with Crippen molar-refractivity contribution in [1.29, 1.82) is 0 Å². The Hall–Kier alpha value is -3.67. The molecule has 1 atom stereocenters. The van der Waals surface area contributed by atoms with Crippen molar-refractivity contribution < 1.29 is 14.7 Å². The number of carboxylic acids is 1. The van der Waals surface area contributed by atoms with Gasteiger partial charge in [-0.2, -0.15) is 0 Å². The van der Waals surface area contributed by atoms with Crippen LogP contribution >= 0.6 is 0 Å². The summed E-state index contributed by atoms with van der Waals surface area (Å²) in [6.07, 6.45) is 0.0728. The predicted molar refractivity (Wildman–Crippen MR) is 103 cm³/mol. The molecule has 0 saturated carbocycles. The average molecular weight is 359 g/mol. The molecule has 1 amide bonds. The van der Waals surface area contributed by atoms with Crippen LogP contribution in [0.5, 0.6) is 0 Å². The van der Waals surface area contributed by atoms with Gasteiger partial charge in [-0.05, 0) is 35.0 Å². The number of aliphatic carboxylic acids is 1. The van der Waals surface area contributed by atoms with Crippen molar-refractivity contribution >= 4 is 33.7 Å². The zero-order valence-electron chi connectivity index (χ0n) is 14.3. The Kier molecular flexibility index (Phi) is 4.30. The van der Waals surface area contributed by atoms with Gasteiger partial charge in [0.05, 0.1) is 11.0 Å². The third-order valence-corrected chi connectivity index (χ3v) is 4.45. The number of amides is 1. The van der Waals surface area contributed by atoms with Gasteiger partial charge < -0.3 is 15.4 Å². The normalized spacial score (nSPS) is 12.1. The summed E-state index contributed by atoms with van der Waals surface area (Å²) in [5.41, 5.74) is 2.01. The monoisotopic (exact) mass is 359 g/mol. The van der Waals surface area contributed by atoms with E-state index in [1.54, 1.807) is 12.1 Å². The number of carboxylic acid groups (broad SMARTS) is 1. The third-order valence-electron chi connectivity index (χ3n) is 4.45. The van der Waals surface area contributed by atoms with E-state index < -0.39 is 17.9 Å². The number of nitrogens with zero attached hydrogens (tertiary/aromatic N) is 1. The minimum Gasteiger partial charge on any atom is -0.480 e. The molecule has 0 aliphatic rings. The van der Waals surface area contributed by atoms with Gasteiger partial charge in [0.25, 0.3) is 5.91 Å². The van der Waals surface area contributed by atoms with Crippen LogP contribution in [0.25, 0.3) is 21.8 Å². The third kappa shape index (κ3) is 3.50. The van der Waals surface area contributed by atoms with Gasteiger partial charge in [-0.15, -0.1) is 0 Å². The van der Waals surface area contributed by atoms with E-state index in [0.717, 1.165) is 21.8 Å². The molecule has 134 valence electrons. The molecule has 1 unspecified atom stereocenters. The number of rotatable bonds is 5. The molecule has 6 heteroatoms. The van der Waals surface area contributed by atoms with Gasteiger partial charge in [0.1, 0.15) is 11.9 Å². The van der Waals surface area contributed by atoms with Gasteiger partial charge >= 0.3 is 5.97 Å². The second kappa shape index (κ2) is 6.92. The molecule has 0 bridgehead atoms. The lowest BCUT2D eigenvalue weighted by Gasteiger charge is -2.13. The highest BCUT2D eigenvalue weighted by atomic mass is 16.4. The van der Waals surface area contributed by atoms with Crippen LogP contribution in [0.4, 0.5) is 0 Å². The Morgan fingerprint density at radius 1 is 1.00 bits per heavy atom. The van der Waals surface area contributed by atoms with E-state index >= 15 is 0 Å². The van der Waals surface area contributed by atoms with E-state index in [2.05, 4.69) is 15.3 Å². The van der Waals surface area contributed by atoms with Crippen molar-refractivity contribution in [3.63, 3.8) is 0 Å². The topological polar surface area (TPSA) is 95.1 Å². The standard InChI is InChI=1S/C21H17N3O3/c25-20(15-10-9-13-5-1-2-6-14(13)11-15)24-18(21(26)27)12-19-22-16-7-3-4-8-17(16)23-19/h1-11,18H,12H2,(H,22,23)(H,24,25)(H,26,27). The Morgan fingerprint density at radius 3 is 2.52 bits per heavy atom. The van der Waals surface area contributed by atoms with Crippen LogP contribution in [0.1, 0.15) is 16.2 Å². The Bertz CT molecular complexity index is 1120. The molecule has 0 saturated heterocycles. The minimum atomic E-state index is -1.11. The number of aromatic amines is 1. The molecule has 0 fully saturated rings. The van der Waals surface area contributed by atoms with E-state index in [1.807, 2.05) is 54.6 Å². The van der Waals surface area contributed by atoms with Crippen LogP contribution in [0.3, 0.4) is 0 Å². The molecule has 6 nitrogen and oxygen atoms in total. The lowest BCUT2D eigenvalue weighted by molar-refractivity contribution is -0.139. The molecule has 0 spiro atoms. The summed E-state index contributed by atoms with van der Waals surface area (Å²) in [4.78, 5) is 31.7. The number of hydrogen-bond acceptors (Lipinski definition) is 3. The van der Waals surface area contributed by atoms with Crippen molar-refractivity contribution in [3.8, 4) is 0 Å². The number of carbonyl (C=O) groups is 2. The molecule has 27 heavy (non-hydrogen) atoms. The molecule has 4 aromatic rings. The number of nitrogens with one attached hydrogen (secondary N) is 2. The molecule has 3 N–H and O–H groups in total. The van der Waals surface area contributed by atoms with Gasteiger partial charge in [-0.3, -0.25) is 4.79 Å². The van der Waals surface area contributed by atoms with Gasteiger partial charge in [-0.1, -0.05) is 42.5 Å². The first-order valence-corrected chi connectivity index (χ1v) is 8.56. The smallest absolute Gasteiger partial charge is 0.326 e. The maximum atomic E-state index is 12.6. The second-order valence-electron chi connectivity index (χ2n) is 6.33. The number of fused-ring (bicyclic) bond motifs is 2. The van der Waals surface area contributed by atoms with E-state index in [1.165, 1.54) is 0 Å². The molecule has 0 aliphatic carbocycles. The first kappa shape index (κ1) is 16.8. The zero-order valence-corrected chi connectivity index (χ0v) is 14.3. The molecular formula is C21H17N3O3. The highest BCUT2D eigenvalue weighted by Gasteiger charge is 2.22. The first-order valence-electron chi connectivity index (χ1n) is 8.56. The van der Waals surface area contributed by atoms with E-state index in [-0.39, 0.29) is 6.42 Å². The molecule has 1 aromatic heterocycles. The minimum absolute atomic E-state index is 0.0728. The fourth-order valence-electron chi connectivity index (χ4n) is 3.07. The van der Waals surface area contributed by atoms with E-state index in [9.17, 15) is 14.7 Å². The van der Waals surface area contributed by atoms with Gasteiger partial charge in [-0.25, -0.2) is 9.78 Å². The SMILES string of the molecule is O=C(NC(Cc1nc2ccccc2[nH]1)C(=O)O)c1ccc2ccccc2c1. The second-order valence-corrected chi connectivity index (χ2v) is 6.33. The molecule has 0 aliphatic heterocycles. The van der Waals surface area contributed by atoms with Crippen LogP contribution in [0.2, 0.25) is 0 Å². The van der Waals surface area contributed by atoms with E-state index in [0.29, 0.717) is 11.4 Å².